The first-order valence-corrected chi connectivity index (χ1v) is 7.47. The van der Waals surface area contributed by atoms with Crippen LogP contribution in [0.3, 0.4) is 0 Å². The molecule has 0 aromatic rings. The highest BCUT2D eigenvalue weighted by atomic mass is 127. The molecule has 11 heteroatoms. The van der Waals surface area contributed by atoms with E-state index in [0.717, 1.165) is 0 Å². The zero-order chi connectivity index (χ0) is 16.4. The lowest BCUT2D eigenvalue weighted by Gasteiger charge is -2.34. The van der Waals surface area contributed by atoms with Crippen molar-refractivity contribution in [2.45, 2.75) is 47.1 Å². The Bertz CT molecular complexity index is 315. The van der Waals surface area contributed by atoms with Crippen LogP contribution < -0.4 is 0 Å². The fraction of sp³-hybridized carbons (Fsp3) is 1.00. The molecule has 0 heterocycles. The van der Waals surface area contributed by atoms with Crippen molar-refractivity contribution in [3.63, 3.8) is 0 Å². The summed E-state index contributed by atoms with van der Waals surface area (Å²) in [6, 6.07) is 0. The molecule has 0 fully saturated rings. The topological polar surface area (TPSA) is 0 Å². The molecule has 0 rings (SSSR count). The Kier molecular flexibility index (Phi) is 6.97. The fourth-order valence-corrected chi connectivity index (χ4v) is 2.53. The van der Waals surface area contributed by atoms with Gasteiger partial charge < -0.3 is 0 Å². The van der Waals surface area contributed by atoms with Crippen LogP contribution in [0.2, 0.25) is 0 Å². The van der Waals surface area contributed by atoms with E-state index in [-0.39, 0.29) is 6.42 Å². The van der Waals surface area contributed by atoms with Gasteiger partial charge in [0.1, 0.15) is 0 Å². The summed E-state index contributed by atoms with van der Waals surface area (Å²) in [5.74, 6) is -18.8. The largest absolute Gasteiger partial charge is 0.460 e. The quantitative estimate of drug-likeness (QED) is 0.237. The molecule has 1 unspecified atom stereocenters. The summed E-state index contributed by atoms with van der Waals surface area (Å²) < 4.78 is 112. The molecule has 0 spiro atoms. The van der Waals surface area contributed by atoms with Gasteiger partial charge in [-0.3, -0.25) is 0 Å². The molecule has 0 aromatic carbocycles. The summed E-state index contributed by atoms with van der Waals surface area (Å²) in [5.41, 5.74) is 0. The summed E-state index contributed by atoms with van der Waals surface area (Å²) in [4.78, 5) is 0. The van der Waals surface area contributed by atoms with Gasteiger partial charge in [0.05, 0.1) is 0 Å². The van der Waals surface area contributed by atoms with Gasteiger partial charge in [-0.25, -0.2) is 0 Å². The van der Waals surface area contributed by atoms with Crippen molar-refractivity contribution in [2.24, 2.45) is 0 Å². The Labute approximate surface area is 130 Å². The Hall–Kier alpha value is 0.580. The highest BCUT2D eigenvalue weighted by molar-refractivity contribution is 14.1. The van der Waals surface area contributed by atoms with Crippen LogP contribution in [-0.2, 0) is 0 Å². The van der Waals surface area contributed by atoms with Gasteiger partial charge in [-0.15, -0.1) is 0 Å². The maximum Gasteiger partial charge on any atom is 0.460 e. The SMILES string of the molecule is FC(F)(F)C(F)(F)C(F)(F)C(F)(F)CC(I)CCCBr. The lowest BCUT2D eigenvalue weighted by atomic mass is 9.98. The molecule has 0 aliphatic heterocycles. The van der Waals surface area contributed by atoms with Crippen LogP contribution in [0, 0.1) is 0 Å². The number of rotatable bonds is 7. The van der Waals surface area contributed by atoms with Crippen molar-refractivity contribution in [2.75, 3.05) is 5.33 Å². The van der Waals surface area contributed by atoms with Crippen LogP contribution in [0.4, 0.5) is 39.5 Å². The van der Waals surface area contributed by atoms with E-state index in [4.69, 9.17) is 0 Å². The minimum absolute atomic E-state index is 0.0188. The van der Waals surface area contributed by atoms with E-state index >= 15 is 0 Å². The molecule has 0 bridgehead atoms. The summed E-state index contributed by atoms with van der Waals surface area (Å²) in [6.07, 6.45) is -8.24. The molecule has 0 amide bonds. The van der Waals surface area contributed by atoms with Crippen molar-refractivity contribution in [3.8, 4) is 0 Å². The zero-order valence-electron chi connectivity index (χ0n) is 9.56. The lowest BCUT2D eigenvalue weighted by molar-refractivity contribution is -0.396. The van der Waals surface area contributed by atoms with Crippen molar-refractivity contribution < 1.29 is 39.5 Å². The molecule has 0 radical (unpaired) electrons. The standard InChI is InChI=1S/C9H9BrF9I/c10-3-1-2-5(20)4-6(11,12)7(13,14)8(15,16)9(17,18)19/h5H,1-4H2. The van der Waals surface area contributed by atoms with E-state index in [1.165, 1.54) is 22.6 Å². The Morgan fingerprint density at radius 1 is 0.850 bits per heavy atom. The predicted molar refractivity (Wildman–Crippen MR) is 66.3 cm³/mol. The number of alkyl halides is 11. The molecule has 0 nitrogen and oxygen atoms in total. The first kappa shape index (κ1) is 20.6. The van der Waals surface area contributed by atoms with Gasteiger partial charge in [0.15, 0.2) is 0 Å². The summed E-state index contributed by atoms with van der Waals surface area (Å²) in [7, 11) is 0. The van der Waals surface area contributed by atoms with E-state index in [1.54, 1.807) is 0 Å². The Balaban J connectivity index is 5.16. The number of halogens is 11. The highest BCUT2D eigenvalue weighted by Gasteiger charge is 2.81. The molecule has 0 aromatic heterocycles. The van der Waals surface area contributed by atoms with Gasteiger partial charge in [-0.1, -0.05) is 38.5 Å². The molecule has 20 heavy (non-hydrogen) atoms. The van der Waals surface area contributed by atoms with E-state index < -0.39 is 34.3 Å². The summed E-state index contributed by atoms with van der Waals surface area (Å²) in [5, 5.41) is 0.368. The first-order valence-electron chi connectivity index (χ1n) is 5.11. The average Bonchev–Trinajstić information content (AvgIpc) is 2.23. The normalized spacial score (nSPS) is 16.4. The van der Waals surface area contributed by atoms with E-state index in [9.17, 15) is 39.5 Å². The summed E-state index contributed by atoms with van der Waals surface area (Å²) in [6.45, 7) is 0. The van der Waals surface area contributed by atoms with Crippen LogP contribution in [0.1, 0.15) is 19.3 Å². The maximum absolute atomic E-state index is 13.2. The van der Waals surface area contributed by atoms with Crippen LogP contribution in [-0.4, -0.2) is 33.2 Å². The van der Waals surface area contributed by atoms with Crippen LogP contribution >= 0.6 is 38.5 Å². The van der Waals surface area contributed by atoms with Gasteiger partial charge >= 0.3 is 23.9 Å². The smallest absolute Gasteiger partial charge is 0.200 e. The lowest BCUT2D eigenvalue weighted by Crippen LogP contribution is -2.61. The summed E-state index contributed by atoms with van der Waals surface area (Å²) >= 11 is 4.27. The van der Waals surface area contributed by atoms with Crippen LogP contribution in [0.15, 0.2) is 0 Å². The first-order chi connectivity index (χ1) is 8.70. The Morgan fingerprint density at radius 3 is 1.65 bits per heavy atom. The second kappa shape index (κ2) is 6.78. The molecule has 0 saturated heterocycles. The van der Waals surface area contributed by atoms with Crippen molar-refractivity contribution in [3.05, 3.63) is 0 Å². The van der Waals surface area contributed by atoms with Crippen LogP contribution in [0.25, 0.3) is 0 Å². The van der Waals surface area contributed by atoms with E-state index in [1.807, 2.05) is 0 Å². The Morgan fingerprint density at radius 2 is 1.30 bits per heavy atom. The van der Waals surface area contributed by atoms with Gasteiger partial charge in [-0.05, 0) is 12.8 Å². The molecule has 1 atom stereocenters. The zero-order valence-corrected chi connectivity index (χ0v) is 13.3. The molecule has 122 valence electrons. The third-order valence-electron chi connectivity index (χ3n) is 2.34. The fourth-order valence-electron chi connectivity index (χ4n) is 1.21. The third kappa shape index (κ3) is 4.29. The van der Waals surface area contributed by atoms with Crippen LogP contribution in [0.5, 0.6) is 0 Å². The van der Waals surface area contributed by atoms with Gasteiger partial charge in [0.25, 0.3) is 0 Å². The van der Waals surface area contributed by atoms with Gasteiger partial charge in [-0.2, -0.15) is 39.5 Å². The minimum atomic E-state index is -6.80. The predicted octanol–water partition coefficient (Wildman–Crippen LogP) is 5.82. The van der Waals surface area contributed by atoms with E-state index in [0.29, 0.717) is 11.8 Å². The second-order valence-electron chi connectivity index (χ2n) is 3.98. The number of hydrogen-bond donors (Lipinski definition) is 0. The molecule has 0 saturated carbocycles. The monoisotopic (exact) mass is 494 g/mol. The van der Waals surface area contributed by atoms with E-state index in [2.05, 4.69) is 15.9 Å². The van der Waals surface area contributed by atoms with Gasteiger partial charge in [0.2, 0.25) is 0 Å². The van der Waals surface area contributed by atoms with Crippen molar-refractivity contribution >= 4 is 38.5 Å². The molecule has 0 N–H and O–H groups in total. The maximum atomic E-state index is 13.2. The number of hydrogen-bond acceptors (Lipinski definition) is 0. The minimum Gasteiger partial charge on any atom is -0.200 e. The molecular formula is C9H9BrF9I. The van der Waals surface area contributed by atoms with Gasteiger partial charge in [0, 0.05) is 15.7 Å². The van der Waals surface area contributed by atoms with Crippen molar-refractivity contribution in [1.29, 1.82) is 0 Å². The second-order valence-corrected chi connectivity index (χ2v) is 6.54. The highest BCUT2D eigenvalue weighted by Crippen LogP contribution is 2.54. The molecular weight excluding hydrogens is 486 g/mol. The third-order valence-corrected chi connectivity index (χ3v) is 3.96. The average molecular weight is 495 g/mol. The van der Waals surface area contributed by atoms with Crippen molar-refractivity contribution in [1.82, 2.24) is 0 Å². The molecule has 0 aliphatic carbocycles. The molecule has 0 aliphatic rings.